The summed E-state index contributed by atoms with van der Waals surface area (Å²) in [4.78, 5) is 149. The molecule has 0 bridgehead atoms. The summed E-state index contributed by atoms with van der Waals surface area (Å²) in [6.45, 7) is 18.4. The van der Waals surface area contributed by atoms with Gasteiger partial charge in [-0.05, 0) is 101 Å². The average Bonchev–Trinajstić information content (AvgIpc) is 4.13. The standard InChI is InChI=1S/C57H89N7O15/c1-15-33(8)46-44(66)29-45(67)79-49(32(6)7)48(68)34(9)50(69)58-39(26-30(2)3)54(73)64-25-17-19-41(64)56(75)62(13)43(28-37-20-22-38(77-14)23-21-37)57(76)78-36(11)47(52(71)59-46)60-51(70)42(27-31(4)5)61(12)55(74)40-18-16-24-63(40)53(72)35(10)65/h20-23,30-36,39-44,46-47,49,65-66H,15-19,24-29H2,1-14H3,(H,58,69)(H,59,71)(H,60,70)/t33-,34-,35-,36+,39-,40-,41+,42+,43-,44-,46?,47-,49-/m0/s1. The third kappa shape index (κ3) is 16.9. The minimum Gasteiger partial charge on any atom is -0.497 e. The number of benzene rings is 1. The minimum absolute atomic E-state index is 0.0720. The van der Waals surface area contributed by atoms with Gasteiger partial charge in [-0.2, -0.15) is 0 Å². The van der Waals surface area contributed by atoms with Crippen LogP contribution in [0.2, 0.25) is 0 Å². The minimum atomic E-state index is -1.76. The molecule has 0 saturated carbocycles. The van der Waals surface area contributed by atoms with Gasteiger partial charge in [-0.15, -0.1) is 0 Å². The molecule has 5 N–H and O–H groups in total. The molecule has 3 aliphatic heterocycles. The van der Waals surface area contributed by atoms with Crippen molar-refractivity contribution in [3.8, 4) is 5.75 Å². The van der Waals surface area contributed by atoms with Crippen molar-refractivity contribution in [2.24, 2.45) is 29.6 Å². The van der Waals surface area contributed by atoms with Crippen molar-refractivity contribution in [2.75, 3.05) is 34.3 Å². The fraction of sp³-hybridized carbons (Fsp3) is 0.719. The summed E-state index contributed by atoms with van der Waals surface area (Å²) >= 11 is 0. The summed E-state index contributed by atoms with van der Waals surface area (Å²) in [6.07, 6.45) is -4.99. The fourth-order valence-electron chi connectivity index (χ4n) is 10.5. The maximum absolute atomic E-state index is 15.0. The number of esters is 2. The lowest BCUT2D eigenvalue weighted by molar-refractivity contribution is -0.163. The first-order chi connectivity index (χ1) is 37.0. The van der Waals surface area contributed by atoms with Crippen LogP contribution in [0, 0.1) is 29.6 Å². The van der Waals surface area contributed by atoms with Crippen LogP contribution in [0.25, 0.3) is 0 Å². The molecule has 22 heteroatoms. The highest BCUT2D eigenvalue weighted by molar-refractivity contribution is 6.05. The Balaban J connectivity index is 1.89. The molecule has 1 unspecified atom stereocenters. The van der Waals surface area contributed by atoms with Crippen LogP contribution in [0.15, 0.2) is 24.3 Å². The zero-order valence-corrected chi connectivity index (χ0v) is 48.8. The number of rotatable bonds is 15. The van der Waals surface area contributed by atoms with Gasteiger partial charge in [0, 0.05) is 33.6 Å². The number of likely N-dealkylation sites (tertiary alicyclic amines) is 1. The summed E-state index contributed by atoms with van der Waals surface area (Å²) in [5, 5.41) is 30.2. The van der Waals surface area contributed by atoms with Gasteiger partial charge >= 0.3 is 11.9 Å². The van der Waals surface area contributed by atoms with Gasteiger partial charge < -0.3 is 60.0 Å². The number of likely N-dealkylation sites (N-methyl/N-ethyl adjacent to an activating group) is 2. The number of nitrogens with one attached hydrogen (secondary N) is 3. The van der Waals surface area contributed by atoms with Crippen LogP contribution >= 0.6 is 0 Å². The molecule has 442 valence electrons. The SMILES string of the molecule is CC[C@H](C)C1NC(=O)[C@@H](NC(=O)[C@@H](CC(C)C)N(C)C(=O)[C@@H]2CCCN2C(=O)[C@H](C)O)[C@@H](C)OC(=O)[C@H](Cc2ccc(OC)cc2)N(C)C(=O)[C@H]2CCCN2C(=O)[C@H](CC(C)C)NC(=O)[C@@H](C)C(=O)[C@H](C(C)C)OC(=O)C[C@@H]1O. The molecule has 0 aliphatic carbocycles. The number of amides is 7. The number of hydrogen-bond donors (Lipinski definition) is 5. The lowest BCUT2D eigenvalue weighted by Crippen LogP contribution is -2.62. The van der Waals surface area contributed by atoms with Crippen molar-refractivity contribution in [2.45, 2.75) is 201 Å². The number of nitrogens with zero attached hydrogens (tertiary/aromatic N) is 4. The van der Waals surface area contributed by atoms with E-state index in [9.17, 15) is 53.4 Å². The van der Waals surface area contributed by atoms with E-state index in [1.165, 1.54) is 61.6 Å². The first kappa shape index (κ1) is 65.4. The van der Waals surface area contributed by atoms with Crippen LogP contribution in [0.3, 0.4) is 0 Å². The second-order valence-electron chi connectivity index (χ2n) is 23.0. The molecule has 22 nitrogen and oxygen atoms in total. The molecule has 7 amide bonds. The van der Waals surface area contributed by atoms with Crippen LogP contribution in [0.1, 0.15) is 133 Å². The first-order valence-corrected chi connectivity index (χ1v) is 28.0. The van der Waals surface area contributed by atoms with Gasteiger partial charge in [0.1, 0.15) is 54.2 Å². The molecule has 1 aromatic carbocycles. The van der Waals surface area contributed by atoms with Crippen molar-refractivity contribution in [3.63, 3.8) is 0 Å². The maximum Gasteiger partial charge on any atom is 0.329 e. The van der Waals surface area contributed by atoms with E-state index in [1.54, 1.807) is 52.0 Å². The normalized spacial score (nSPS) is 27.7. The van der Waals surface area contributed by atoms with E-state index in [2.05, 4.69) is 16.0 Å². The Kier molecular flexibility index (Phi) is 24.3. The number of ketones is 1. The van der Waals surface area contributed by atoms with Gasteiger partial charge in [0.15, 0.2) is 11.9 Å². The number of carbonyl (C=O) groups is 10. The Morgan fingerprint density at radius 3 is 2.06 bits per heavy atom. The molecule has 79 heavy (non-hydrogen) atoms. The second kappa shape index (κ2) is 29.3. The predicted octanol–water partition coefficient (Wildman–Crippen LogP) is 2.32. The van der Waals surface area contributed by atoms with E-state index in [1.807, 2.05) is 27.7 Å². The number of carbonyl (C=O) groups excluding carboxylic acids is 10. The van der Waals surface area contributed by atoms with Gasteiger partial charge in [0.05, 0.1) is 31.6 Å². The Hall–Kier alpha value is -6.16. The van der Waals surface area contributed by atoms with Gasteiger partial charge in [0.2, 0.25) is 35.4 Å². The van der Waals surface area contributed by atoms with E-state index in [4.69, 9.17) is 14.2 Å². The van der Waals surface area contributed by atoms with Crippen molar-refractivity contribution in [1.29, 1.82) is 0 Å². The van der Waals surface area contributed by atoms with Crippen molar-refractivity contribution in [3.05, 3.63) is 29.8 Å². The topological polar surface area (TPSA) is 288 Å². The number of aliphatic hydroxyl groups is 2. The van der Waals surface area contributed by atoms with E-state index in [0.717, 1.165) is 0 Å². The number of Topliss-reactive ketones (excluding diaryl/α,β-unsaturated/α-hetero) is 1. The molecule has 3 heterocycles. The van der Waals surface area contributed by atoms with Gasteiger partial charge in [-0.25, -0.2) is 4.79 Å². The number of fused-ring (bicyclic) bond motifs is 1. The summed E-state index contributed by atoms with van der Waals surface area (Å²) < 4.78 is 17.2. The van der Waals surface area contributed by atoms with Gasteiger partial charge in [-0.1, -0.05) is 73.9 Å². The Morgan fingerprint density at radius 2 is 1.49 bits per heavy atom. The summed E-state index contributed by atoms with van der Waals surface area (Å²) in [7, 11) is 4.29. The Bertz CT molecular complexity index is 2330. The summed E-state index contributed by atoms with van der Waals surface area (Å²) in [6, 6.07) is -2.19. The molecule has 0 radical (unpaired) electrons. The molecule has 4 rings (SSSR count). The smallest absolute Gasteiger partial charge is 0.329 e. The van der Waals surface area contributed by atoms with E-state index in [-0.39, 0.29) is 57.0 Å². The number of aliphatic hydroxyl groups excluding tert-OH is 2. The van der Waals surface area contributed by atoms with Gasteiger partial charge in [0.25, 0.3) is 5.91 Å². The van der Waals surface area contributed by atoms with Crippen LogP contribution in [0.4, 0.5) is 0 Å². The van der Waals surface area contributed by atoms with E-state index >= 15 is 4.79 Å². The zero-order valence-electron chi connectivity index (χ0n) is 48.8. The van der Waals surface area contributed by atoms with Crippen LogP contribution < -0.4 is 20.7 Å². The van der Waals surface area contributed by atoms with Crippen molar-refractivity contribution < 1.29 is 72.4 Å². The lowest BCUT2D eigenvalue weighted by Gasteiger charge is -2.36. The second-order valence-corrected chi connectivity index (χ2v) is 23.0. The molecule has 3 aliphatic rings. The molecular formula is C57H89N7O15. The quantitative estimate of drug-likeness (QED) is 0.124. The number of cyclic esters (lactones) is 2. The monoisotopic (exact) mass is 1110 g/mol. The van der Waals surface area contributed by atoms with Crippen LogP contribution in [-0.4, -0.2) is 190 Å². The molecule has 0 aromatic heterocycles. The van der Waals surface area contributed by atoms with E-state index < -0.39 is 150 Å². The third-order valence-electron chi connectivity index (χ3n) is 15.5. The van der Waals surface area contributed by atoms with Crippen LogP contribution in [0.5, 0.6) is 5.75 Å². The highest BCUT2D eigenvalue weighted by atomic mass is 16.6. The highest BCUT2D eigenvalue weighted by Gasteiger charge is 2.46. The van der Waals surface area contributed by atoms with Crippen molar-refractivity contribution in [1.82, 2.24) is 35.6 Å². The highest BCUT2D eigenvalue weighted by Crippen LogP contribution is 2.27. The summed E-state index contributed by atoms with van der Waals surface area (Å²) in [5.41, 5.74) is 0.571. The van der Waals surface area contributed by atoms with E-state index in [0.29, 0.717) is 30.6 Å². The molecule has 13 atom stereocenters. The summed E-state index contributed by atoms with van der Waals surface area (Å²) in [5.74, 6) is -10.3. The number of methoxy groups -OCH3 is 1. The molecular weight excluding hydrogens is 1020 g/mol. The molecule has 3 fully saturated rings. The third-order valence-corrected chi connectivity index (χ3v) is 15.5. The molecule has 3 saturated heterocycles. The van der Waals surface area contributed by atoms with Crippen LogP contribution in [-0.2, 0) is 63.8 Å². The first-order valence-electron chi connectivity index (χ1n) is 28.0. The van der Waals surface area contributed by atoms with Crippen molar-refractivity contribution >= 4 is 59.1 Å². The zero-order chi connectivity index (χ0) is 59.3. The van der Waals surface area contributed by atoms with Gasteiger partial charge in [-0.3, -0.25) is 43.2 Å². The molecule has 0 spiro atoms. The lowest BCUT2D eigenvalue weighted by atomic mass is 9.91. The largest absolute Gasteiger partial charge is 0.497 e. The number of ether oxygens (including phenoxy) is 3. The fourth-order valence-corrected chi connectivity index (χ4v) is 10.5. The predicted molar refractivity (Wildman–Crippen MR) is 290 cm³/mol. The molecule has 1 aromatic rings. The maximum atomic E-state index is 15.0. The average molecular weight is 1110 g/mol. The Morgan fingerprint density at radius 1 is 0.861 bits per heavy atom. The Labute approximate surface area is 465 Å². The number of hydrogen-bond acceptors (Lipinski definition) is 15.